The number of aliphatic hydroxyl groups is 1. The third kappa shape index (κ3) is 2.00. The highest BCUT2D eigenvalue weighted by molar-refractivity contribution is 5.10. The number of ether oxygens (including phenoxy) is 1. The predicted octanol–water partition coefficient (Wildman–Crippen LogP) is 2.08. The zero-order valence-electron chi connectivity index (χ0n) is 11.7. The Bertz CT molecular complexity index is 310. The van der Waals surface area contributed by atoms with Gasteiger partial charge in [0.2, 0.25) is 0 Å². The van der Waals surface area contributed by atoms with E-state index < -0.39 is 5.60 Å². The van der Waals surface area contributed by atoms with Crippen LogP contribution in [0.25, 0.3) is 0 Å². The first kappa shape index (κ1) is 12.9. The highest BCUT2D eigenvalue weighted by atomic mass is 16.5. The van der Waals surface area contributed by atoms with Gasteiger partial charge in [0.1, 0.15) is 0 Å². The van der Waals surface area contributed by atoms with Gasteiger partial charge in [0.05, 0.1) is 11.7 Å². The lowest BCUT2D eigenvalue weighted by Gasteiger charge is -2.60. The average Bonchev–Trinajstić information content (AvgIpc) is 2.76. The van der Waals surface area contributed by atoms with E-state index in [0.29, 0.717) is 18.1 Å². The van der Waals surface area contributed by atoms with Gasteiger partial charge in [0.25, 0.3) is 0 Å². The molecule has 0 spiro atoms. The van der Waals surface area contributed by atoms with Crippen molar-refractivity contribution in [3.63, 3.8) is 0 Å². The fraction of sp³-hybridized carbons (Fsp3) is 1.00. The molecule has 0 aromatic heterocycles. The molecule has 3 rings (SSSR count). The van der Waals surface area contributed by atoms with Gasteiger partial charge in [-0.05, 0) is 25.7 Å². The largest absolute Gasteiger partial charge is 0.389 e. The zero-order chi connectivity index (χ0) is 12.8. The number of nitrogens with one attached hydrogen (secondary N) is 1. The molecule has 3 nitrogen and oxygen atoms in total. The fourth-order valence-electron chi connectivity index (χ4n) is 4.45. The molecule has 18 heavy (non-hydrogen) atoms. The smallest absolute Gasteiger partial charge is 0.0771 e. The molecule has 0 aromatic carbocycles. The van der Waals surface area contributed by atoms with Gasteiger partial charge in [0.15, 0.2) is 0 Å². The van der Waals surface area contributed by atoms with Crippen LogP contribution in [0.5, 0.6) is 0 Å². The maximum atomic E-state index is 10.4. The molecule has 2 N–H and O–H groups in total. The molecule has 1 saturated heterocycles. The molecule has 0 radical (unpaired) electrons. The second kappa shape index (κ2) is 4.46. The molecular formula is C15H27NO2. The van der Waals surface area contributed by atoms with Crippen molar-refractivity contribution in [1.82, 2.24) is 5.32 Å². The quantitative estimate of drug-likeness (QED) is 0.809. The summed E-state index contributed by atoms with van der Waals surface area (Å²) >= 11 is 0. The molecule has 2 aliphatic carbocycles. The highest BCUT2D eigenvalue weighted by Crippen LogP contribution is 2.51. The topological polar surface area (TPSA) is 41.5 Å². The van der Waals surface area contributed by atoms with E-state index in [4.69, 9.17) is 4.74 Å². The molecular weight excluding hydrogens is 226 g/mol. The summed E-state index contributed by atoms with van der Waals surface area (Å²) in [5, 5.41) is 14.1. The standard InChI is InChI=1S/C15H27NO2/c1-14(2)12(11-6-5-9-18-13(11)14)16-10-15(17)7-3-4-8-15/h11-13,16-17H,3-10H2,1-2H3. The van der Waals surface area contributed by atoms with E-state index in [0.717, 1.165) is 26.0 Å². The summed E-state index contributed by atoms with van der Waals surface area (Å²) < 4.78 is 5.92. The molecule has 2 saturated carbocycles. The van der Waals surface area contributed by atoms with E-state index in [-0.39, 0.29) is 5.41 Å². The van der Waals surface area contributed by atoms with Crippen LogP contribution in [0.2, 0.25) is 0 Å². The van der Waals surface area contributed by atoms with E-state index in [1.807, 2.05) is 0 Å². The first-order chi connectivity index (χ1) is 8.53. The van der Waals surface area contributed by atoms with Gasteiger partial charge >= 0.3 is 0 Å². The van der Waals surface area contributed by atoms with Crippen molar-refractivity contribution >= 4 is 0 Å². The van der Waals surface area contributed by atoms with Gasteiger partial charge in [-0.2, -0.15) is 0 Å². The third-order valence-corrected chi connectivity index (χ3v) is 5.52. The molecule has 1 heterocycles. The van der Waals surface area contributed by atoms with Crippen LogP contribution in [0.3, 0.4) is 0 Å². The summed E-state index contributed by atoms with van der Waals surface area (Å²) in [6.07, 6.45) is 7.21. The Labute approximate surface area is 110 Å². The molecule has 0 amide bonds. The lowest BCUT2D eigenvalue weighted by Crippen LogP contribution is -2.70. The van der Waals surface area contributed by atoms with Crippen LogP contribution in [0.1, 0.15) is 52.4 Å². The fourth-order valence-corrected chi connectivity index (χ4v) is 4.45. The van der Waals surface area contributed by atoms with Crippen LogP contribution in [-0.2, 0) is 4.74 Å². The van der Waals surface area contributed by atoms with Crippen molar-refractivity contribution < 1.29 is 9.84 Å². The Morgan fingerprint density at radius 3 is 2.67 bits per heavy atom. The molecule has 3 heteroatoms. The lowest BCUT2D eigenvalue weighted by atomic mass is 9.55. The summed E-state index contributed by atoms with van der Waals surface area (Å²) in [6.45, 7) is 6.30. The van der Waals surface area contributed by atoms with Gasteiger partial charge in [0, 0.05) is 30.5 Å². The van der Waals surface area contributed by atoms with Gasteiger partial charge in [-0.15, -0.1) is 0 Å². The number of rotatable bonds is 3. The SMILES string of the molecule is CC1(C)C(NCC2(O)CCCC2)C2CCCOC21. The average molecular weight is 253 g/mol. The zero-order valence-corrected chi connectivity index (χ0v) is 11.7. The van der Waals surface area contributed by atoms with E-state index in [1.54, 1.807) is 0 Å². The minimum Gasteiger partial charge on any atom is -0.389 e. The van der Waals surface area contributed by atoms with E-state index in [2.05, 4.69) is 19.2 Å². The van der Waals surface area contributed by atoms with Gasteiger partial charge in [-0.25, -0.2) is 0 Å². The van der Waals surface area contributed by atoms with Crippen LogP contribution in [0.15, 0.2) is 0 Å². The summed E-state index contributed by atoms with van der Waals surface area (Å²) in [5.41, 5.74) is -0.212. The molecule has 3 atom stereocenters. The summed E-state index contributed by atoms with van der Waals surface area (Å²) in [7, 11) is 0. The van der Waals surface area contributed by atoms with Crippen molar-refractivity contribution in [2.45, 2.75) is 70.1 Å². The minimum atomic E-state index is -0.434. The van der Waals surface area contributed by atoms with Gasteiger partial charge in [-0.1, -0.05) is 26.7 Å². The number of hydrogen-bond donors (Lipinski definition) is 2. The highest BCUT2D eigenvalue weighted by Gasteiger charge is 2.57. The normalized spacial score (nSPS) is 41.2. The van der Waals surface area contributed by atoms with Crippen LogP contribution in [0, 0.1) is 11.3 Å². The van der Waals surface area contributed by atoms with Crippen LogP contribution in [-0.4, -0.2) is 36.0 Å². The van der Waals surface area contributed by atoms with Crippen molar-refractivity contribution in [2.24, 2.45) is 11.3 Å². The van der Waals surface area contributed by atoms with E-state index in [1.165, 1.54) is 25.7 Å². The van der Waals surface area contributed by atoms with E-state index in [9.17, 15) is 5.11 Å². The van der Waals surface area contributed by atoms with Gasteiger partial charge < -0.3 is 15.2 Å². The summed E-state index contributed by atoms with van der Waals surface area (Å²) in [6, 6.07) is 0.521. The van der Waals surface area contributed by atoms with Crippen LogP contribution in [0.4, 0.5) is 0 Å². The Kier molecular flexibility index (Phi) is 3.20. The number of hydrogen-bond acceptors (Lipinski definition) is 3. The maximum absolute atomic E-state index is 10.4. The molecule has 3 fully saturated rings. The monoisotopic (exact) mass is 253 g/mol. The lowest BCUT2D eigenvalue weighted by molar-refractivity contribution is -0.194. The summed E-state index contributed by atoms with van der Waals surface area (Å²) in [4.78, 5) is 0. The van der Waals surface area contributed by atoms with Crippen molar-refractivity contribution in [1.29, 1.82) is 0 Å². The molecule has 3 unspecified atom stereocenters. The second-order valence-corrected chi connectivity index (χ2v) is 7.21. The van der Waals surface area contributed by atoms with Crippen molar-refractivity contribution in [3.8, 4) is 0 Å². The van der Waals surface area contributed by atoms with Crippen LogP contribution >= 0.6 is 0 Å². The van der Waals surface area contributed by atoms with Crippen molar-refractivity contribution in [2.75, 3.05) is 13.2 Å². The Morgan fingerprint density at radius 2 is 1.94 bits per heavy atom. The second-order valence-electron chi connectivity index (χ2n) is 7.21. The minimum absolute atomic E-state index is 0.222. The molecule has 0 aromatic rings. The molecule has 104 valence electrons. The summed E-state index contributed by atoms with van der Waals surface area (Å²) in [5.74, 6) is 0.666. The third-order valence-electron chi connectivity index (χ3n) is 5.52. The maximum Gasteiger partial charge on any atom is 0.0771 e. The Hall–Kier alpha value is -0.120. The van der Waals surface area contributed by atoms with Gasteiger partial charge in [-0.3, -0.25) is 0 Å². The molecule has 1 aliphatic heterocycles. The van der Waals surface area contributed by atoms with Crippen molar-refractivity contribution in [3.05, 3.63) is 0 Å². The van der Waals surface area contributed by atoms with E-state index >= 15 is 0 Å². The predicted molar refractivity (Wildman–Crippen MR) is 71.5 cm³/mol. The first-order valence-corrected chi connectivity index (χ1v) is 7.60. The molecule has 0 bridgehead atoms. The molecule has 3 aliphatic rings. The Balaban J connectivity index is 1.59. The first-order valence-electron chi connectivity index (χ1n) is 7.60. The number of fused-ring (bicyclic) bond motifs is 1. The Morgan fingerprint density at radius 1 is 1.22 bits per heavy atom. The van der Waals surface area contributed by atoms with Crippen LogP contribution < -0.4 is 5.32 Å².